The van der Waals surface area contributed by atoms with E-state index in [1.165, 1.54) is 30.3 Å². The summed E-state index contributed by atoms with van der Waals surface area (Å²) < 4.78 is 38.2. The number of hydrogen-bond acceptors (Lipinski definition) is 8. The summed E-state index contributed by atoms with van der Waals surface area (Å²) in [5.41, 5.74) is 0.0372. The Balaban J connectivity index is 0.000000274. The number of halogens is 2. The van der Waals surface area contributed by atoms with E-state index in [4.69, 9.17) is 9.47 Å². The van der Waals surface area contributed by atoms with E-state index in [1.807, 2.05) is 13.8 Å². The van der Waals surface area contributed by atoms with E-state index in [2.05, 4.69) is 20.6 Å². The molecule has 0 spiro atoms. The van der Waals surface area contributed by atoms with Gasteiger partial charge in [0.1, 0.15) is 22.8 Å². The molecule has 0 aliphatic carbocycles. The first-order chi connectivity index (χ1) is 23.3. The van der Waals surface area contributed by atoms with Crippen LogP contribution in [0.15, 0.2) is 48.5 Å². The van der Waals surface area contributed by atoms with Gasteiger partial charge >= 0.3 is 18.2 Å². The maximum atomic E-state index is 14.2. The van der Waals surface area contributed by atoms with Crippen molar-refractivity contribution < 1.29 is 42.5 Å². The van der Waals surface area contributed by atoms with E-state index in [-0.39, 0.29) is 46.6 Å². The van der Waals surface area contributed by atoms with Gasteiger partial charge in [-0.1, -0.05) is 12.1 Å². The van der Waals surface area contributed by atoms with E-state index in [1.54, 1.807) is 64.6 Å². The highest BCUT2D eigenvalue weighted by atomic mass is 19.1. The van der Waals surface area contributed by atoms with Crippen molar-refractivity contribution in [2.45, 2.75) is 79.7 Å². The number of carboxylic acids is 1. The van der Waals surface area contributed by atoms with Crippen LogP contribution >= 0.6 is 0 Å². The molecule has 0 atom stereocenters. The summed E-state index contributed by atoms with van der Waals surface area (Å²) in [5.74, 6) is -2.49. The van der Waals surface area contributed by atoms with Crippen molar-refractivity contribution in [1.82, 2.24) is 25.5 Å². The predicted molar refractivity (Wildman–Crippen MR) is 184 cm³/mol. The van der Waals surface area contributed by atoms with E-state index in [0.717, 1.165) is 0 Å². The number of pyridine rings is 2. The average molecular weight is 696 g/mol. The first-order valence-corrected chi connectivity index (χ1v) is 16.0. The third kappa shape index (κ3) is 10.8. The van der Waals surface area contributed by atoms with Gasteiger partial charge < -0.3 is 30.1 Å². The van der Waals surface area contributed by atoms with Crippen LogP contribution in [-0.2, 0) is 22.6 Å². The Kier molecular flexibility index (Phi) is 12.8. The zero-order chi connectivity index (χ0) is 37.4. The molecule has 50 heavy (non-hydrogen) atoms. The van der Waals surface area contributed by atoms with Gasteiger partial charge in [0.05, 0.1) is 46.6 Å². The molecule has 0 unspecified atom stereocenters. The summed E-state index contributed by atoms with van der Waals surface area (Å²) in [4.78, 5) is 58.0. The highest BCUT2D eigenvalue weighted by Gasteiger charge is 2.22. The third-order valence-corrected chi connectivity index (χ3v) is 6.88. The summed E-state index contributed by atoms with van der Waals surface area (Å²) >= 11 is 0. The molecule has 4 aromatic rings. The highest BCUT2D eigenvalue weighted by Crippen LogP contribution is 2.22. The number of nitrogens with zero attached hydrogens (tertiary/aromatic N) is 3. The summed E-state index contributed by atoms with van der Waals surface area (Å²) in [6, 6.07) is 11.6. The molecule has 268 valence electrons. The Bertz CT molecular complexity index is 1880. The zero-order valence-corrected chi connectivity index (χ0v) is 29.4. The molecule has 14 heteroatoms. The Morgan fingerprint density at radius 1 is 0.720 bits per heavy atom. The monoisotopic (exact) mass is 695 g/mol. The number of carbonyl (C=O) groups is 4. The molecule has 3 amide bonds. The van der Waals surface area contributed by atoms with Gasteiger partial charge in [-0.25, -0.2) is 33.1 Å². The fourth-order valence-electron chi connectivity index (χ4n) is 4.66. The number of amides is 3. The molecule has 3 N–H and O–H groups in total. The van der Waals surface area contributed by atoms with E-state index < -0.39 is 41.0 Å². The number of benzene rings is 2. The molecule has 0 aliphatic rings. The fourth-order valence-corrected chi connectivity index (χ4v) is 4.66. The van der Waals surface area contributed by atoms with E-state index in [9.17, 15) is 33.1 Å². The Morgan fingerprint density at radius 2 is 1.12 bits per heavy atom. The van der Waals surface area contributed by atoms with Gasteiger partial charge in [-0.05, 0) is 91.8 Å². The smallest absolute Gasteiger partial charge is 0.407 e. The number of aromatic nitrogens is 2. The van der Waals surface area contributed by atoms with Gasteiger partial charge in [0.15, 0.2) is 0 Å². The average Bonchev–Trinajstić information content (AvgIpc) is 3.01. The summed E-state index contributed by atoms with van der Waals surface area (Å²) in [6.07, 6.45) is -1.29. The highest BCUT2D eigenvalue weighted by molar-refractivity contribution is 5.99. The van der Waals surface area contributed by atoms with Crippen molar-refractivity contribution >= 4 is 45.9 Å². The lowest BCUT2D eigenvalue weighted by atomic mass is 10.1. The summed E-state index contributed by atoms with van der Waals surface area (Å²) in [7, 11) is 0. The van der Waals surface area contributed by atoms with Crippen LogP contribution in [-0.4, -0.2) is 68.3 Å². The second-order valence-corrected chi connectivity index (χ2v) is 13.1. The molecule has 0 saturated heterocycles. The van der Waals surface area contributed by atoms with Crippen LogP contribution in [0.4, 0.5) is 18.4 Å². The molecule has 12 nitrogen and oxygen atoms in total. The van der Waals surface area contributed by atoms with Crippen LogP contribution < -0.4 is 10.6 Å². The van der Waals surface area contributed by atoms with Gasteiger partial charge in [-0.3, -0.25) is 4.79 Å². The second-order valence-electron chi connectivity index (χ2n) is 13.1. The second kappa shape index (κ2) is 16.3. The van der Waals surface area contributed by atoms with E-state index >= 15 is 0 Å². The molecular weight excluding hydrogens is 652 g/mol. The number of hydrogen-bond donors (Lipinski definition) is 3. The molecule has 0 aliphatic heterocycles. The molecule has 2 heterocycles. The first kappa shape index (κ1) is 39.0. The van der Waals surface area contributed by atoms with E-state index in [0.29, 0.717) is 29.8 Å². The minimum Gasteiger partial charge on any atom is -0.478 e. The minimum absolute atomic E-state index is 0.00368. The standard InChI is InChI=1S/C20H26FN3O3.C16H17FN2O4/c1-6-24(7-2)18(25)14-11-13-15(21)9-8-10-16(13)23-17(14)12-22-19(26)27-20(3,4)5;1-16(2,3)23-15(22)18-8-13-10(14(20)21)7-9-11(17)5-4-6-12(9)19-13/h8-11H,6-7,12H2,1-5H3,(H,22,26);4-7H,8H2,1-3H3,(H,18,22)(H,20,21). The lowest BCUT2D eigenvalue weighted by Gasteiger charge is -2.22. The molecule has 0 saturated carbocycles. The van der Waals surface area contributed by atoms with Crippen molar-refractivity contribution in [1.29, 1.82) is 0 Å². The molecule has 2 aromatic carbocycles. The van der Waals surface area contributed by atoms with Crippen molar-refractivity contribution in [3.63, 3.8) is 0 Å². The SMILES string of the molecule is CC(C)(C)OC(=O)NCc1nc2cccc(F)c2cc1C(=O)O.CCN(CC)C(=O)c1cc2c(F)cccc2nc1CNC(=O)OC(C)(C)C. The maximum Gasteiger partial charge on any atom is 0.407 e. The number of alkyl carbamates (subject to hydrolysis) is 2. The lowest BCUT2D eigenvalue weighted by Crippen LogP contribution is -2.34. The largest absolute Gasteiger partial charge is 0.478 e. The van der Waals surface area contributed by atoms with Crippen molar-refractivity contribution in [2.75, 3.05) is 13.1 Å². The van der Waals surface area contributed by atoms with Crippen LogP contribution in [0.1, 0.15) is 87.5 Å². The Hall–Kier alpha value is -5.40. The number of ether oxygens (including phenoxy) is 2. The van der Waals surface area contributed by atoms with Crippen molar-refractivity contribution in [3.05, 3.63) is 82.7 Å². The number of nitrogens with one attached hydrogen (secondary N) is 2. The Morgan fingerprint density at radius 3 is 1.50 bits per heavy atom. The van der Waals surface area contributed by atoms with Crippen molar-refractivity contribution in [3.8, 4) is 0 Å². The number of aromatic carboxylic acids is 1. The fraction of sp³-hybridized carbons (Fsp3) is 0.389. The molecule has 0 radical (unpaired) electrons. The topological polar surface area (TPSA) is 160 Å². The lowest BCUT2D eigenvalue weighted by molar-refractivity contribution is 0.0511. The van der Waals surface area contributed by atoms with Crippen LogP contribution in [0.5, 0.6) is 0 Å². The van der Waals surface area contributed by atoms with Gasteiger partial charge in [-0.15, -0.1) is 0 Å². The number of fused-ring (bicyclic) bond motifs is 2. The quantitative estimate of drug-likeness (QED) is 0.177. The van der Waals surface area contributed by atoms with Crippen molar-refractivity contribution in [2.24, 2.45) is 0 Å². The summed E-state index contributed by atoms with van der Waals surface area (Å²) in [5, 5.41) is 14.7. The molecule has 0 fully saturated rings. The van der Waals surface area contributed by atoms with Gasteiger partial charge in [0.2, 0.25) is 0 Å². The molecule has 4 rings (SSSR count). The van der Waals surface area contributed by atoms with Gasteiger partial charge in [-0.2, -0.15) is 0 Å². The molecule has 0 bridgehead atoms. The van der Waals surface area contributed by atoms with Gasteiger partial charge in [0.25, 0.3) is 5.91 Å². The minimum atomic E-state index is -1.25. The van der Waals surface area contributed by atoms with Crippen LogP contribution in [0.25, 0.3) is 21.8 Å². The first-order valence-electron chi connectivity index (χ1n) is 16.0. The Labute approximate surface area is 289 Å². The number of carbonyl (C=O) groups excluding carboxylic acids is 3. The zero-order valence-electron chi connectivity index (χ0n) is 29.4. The normalized spacial score (nSPS) is 11.3. The predicted octanol–water partition coefficient (Wildman–Crippen LogP) is 6.98. The van der Waals surface area contributed by atoms with Crippen LogP contribution in [0.3, 0.4) is 0 Å². The molecule has 2 aromatic heterocycles. The summed E-state index contributed by atoms with van der Waals surface area (Å²) in [6.45, 7) is 15.1. The maximum absolute atomic E-state index is 14.2. The third-order valence-electron chi connectivity index (χ3n) is 6.88. The number of rotatable bonds is 8. The number of carboxylic acid groups (broad SMARTS) is 1. The van der Waals surface area contributed by atoms with Crippen LogP contribution in [0, 0.1) is 11.6 Å². The van der Waals surface area contributed by atoms with Gasteiger partial charge in [0, 0.05) is 23.9 Å². The molecular formula is C36H43F2N5O7. The van der Waals surface area contributed by atoms with Crippen LogP contribution in [0.2, 0.25) is 0 Å².